The fraction of sp³-hybridized carbons (Fsp3) is 0.250. The zero-order valence-corrected chi connectivity index (χ0v) is 15.3. The van der Waals surface area contributed by atoms with Gasteiger partial charge in [0, 0.05) is 31.3 Å². The van der Waals surface area contributed by atoms with Crippen LogP contribution in [0.25, 0.3) is 11.3 Å². The number of nitrogens with zero attached hydrogens (tertiary/aromatic N) is 4. The number of rotatable bonds is 3. The standard InChI is InChI=1S/C20H21N7/c1-12-17(16-10-23-26-19(16)13-6-4-3-5-7-13)15(8-21)20(22)25-18(12)14-9-24-27(2)11-14/h3-7,9,11,16,19,23,26H,10H2,1-2H3,(H2,22,25). The number of anilines is 1. The number of hydrazine groups is 1. The number of aryl methyl sites for hydroxylation is 1. The van der Waals surface area contributed by atoms with E-state index in [0.717, 1.165) is 27.9 Å². The lowest BCUT2D eigenvalue weighted by molar-refractivity contribution is 0.553. The molecule has 2 unspecified atom stereocenters. The van der Waals surface area contributed by atoms with E-state index in [1.54, 1.807) is 10.9 Å². The molecule has 0 bridgehead atoms. The highest BCUT2D eigenvalue weighted by molar-refractivity contribution is 5.70. The second-order valence-electron chi connectivity index (χ2n) is 6.79. The number of nitriles is 1. The van der Waals surface area contributed by atoms with E-state index in [9.17, 15) is 5.26 Å². The van der Waals surface area contributed by atoms with Gasteiger partial charge in [-0.05, 0) is 23.6 Å². The SMILES string of the molecule is Cc1c(-c2cnn(C)c2)nc(N)c(C#N)c1C1CNNC1c1ccccc1. The van der Waals surface area contributed by atoms with E-state index in [2.05, 4.69) is 39.1 Å². The number of nitrogens with two attached hydrogens (primary N) is 1. The molecule has 0 radical (unpaired) electrons. The van der Waals surface area contributed by atoms with E-state index in [1.165, 1.54) is 0 Å². The van der Waals surface area contributed by atoms with Crippen LogP contribution in [-0.2, 0) is 7.05 Å². The van der Waals surface area contributed by atoms with Gasteiger partial charge in [-0.15, -0.1) is 0 Å². The fourth-order valence-corrected chi connectivity index (χ4v) is 3.86. The first-order valence-electron chi connectivity index (χ1n) is 8.82. The van der Waals surface area contributed by atoms with Crippen LogP contribution in [0.5, 0.6) is 0 Å². The maximum atomic E-state index is 9.78. The predicted molar refractivity (Wildman–Crippen MR) is 103 cm³/mol. The Kier molecular flexibility index (Phi) is 4.36. The topological polar surface area (TPSA) is 105 Å². The smallest absolute Gasteiger partial charge is 0.142 e. The van der Waals surface area contributed by atoms with Crippen molar-refractivity contribution in [2.75, 3.05) is 12.3 Å². The molecule has 1 saturated heterocycles. The Morgan fingerprint density at radius 2 is 2.07 bits per heavy atom. The molecule has 1 aliphatic rings. The molecule has 4 rings (SSSR count). The third kappa shape index (κ3) is 2.95. The number of pyridine rings is 1. The Morgan fingerprint density at radius 1 is 1.30 bits per heavy atom. The summed E-state index contributed by atoms with van der Waals surface area (Å²) >= 11 is 0. The maximum Gasteiger partial charge on any atom is 0.142 e. The molecule has 0 saturated carbocycles. The molecule has 7 heteroatoms. The summed E-state index contributed by atoms with van der Waals surface area (Å²) in [6.45, 7) is 2.70. The Hall–Kier alpha value is -3.21. The summed E-state index contributed by atoms with van der Waals surface area (Å²) in [6, 6.07) is 12.5. The van der Waals surface area contributed by atoms with Gasteiger partial charge in [-0.1, -0.05) is 30.3 Å². The monoisotopic (exact) mass is 359 g/mol. The molecule has 7 nitrogen and oxygen atoms in total. The summed E-state index contributed by atoms with van der Waals surface area (Å²) in [7, 11) is 1.86. The van der Waals surface area contributed by atoms with E-state index in [4.69, 9.17) is 5.73 Å². The Bertz CT molecular complexity index is 1020. The van der Waals surface area contributed by atoms with Crippen LogP contribution >= 0.6 is 0 Å². The highest BCUT2D eigenvalue weighted by Crippen LogP contribution is 2.40. The minimum absolute atomic E-state index is 0.0422. The summed E-state index contributed by atoms with van der Waals surface area (Å²) in [4.78, 5) is 4.52. The third-order valence-corrected chi connectivity index (χ3v) is 5.12. The molecular formula is C20H21N7. The van der Waals surface area contributed by atoms with Crippen molar-refractivity contribution in [2.24, 2.45) is 7.05 Å². The van der Waals surface area contributed by atoms with Crippen LogP contribution in [0.15, 0.2) is 42.7 Å². The van der Waals surface area contributed by atoms with Crippen molar-refractivity contribution in [3.05, 3.63) is 65.0 Å². The van der Waals surface area contributed by atoms with Crippen molar-refractivity contribution in [1.29, 1.82) is 5.26 Å². The molecule has 1 aromatic carbocycles. The normalized spacial score (nSPS) is 19.1. The van der Waals surface area contributed by atoms with E-state index >= 15 is 0 Å². The molecule has 1 fully saturated rings. The van der Waals surface area contributed by atoms with Gasteiger partial charge in [0.2, 0.25) is 0 Å². The zero-order chi connectivity index (χ0) is 19.0. The summed E-state index contributed by atoms with van der Waals surface area (Å²) in [5.41, 5.74) is 18.0. The number of nitrogen functional groups attached to an aromatic ring is 1. The van der Waals surface area contributed by atoms with Gasteiger partial charge < -0.3 is 5.73 Å². The van der Waals surface area contributed by atoms with E-state index in [-0.39, 0.29) is 17.8 Å². The number of nitrogens with one attached hydrogen (secondary N) is 2. The van der Waals surface area contributed by atoms with Crippen LogP contribution in [0.3, 0.4) is 0 Å². The number of hydrogen-bond donors (Lipinski definition) is 3. The molecule has 3 heterocycles. The van der Waals surface area contributed by atoms with Gasteiger partial charge in [0.1, 0.15) is 11.9 Å². The summed E-state index contributed by atoms with van der Waals surface area (Å²) < 4.78 is 1.73. The summed E-state index contributed by atoms with van der Waals surface area (Å²) in [5.74, 6) is 0.318. The first-order valence-corrected chi connectivity index (χ1v) is 8.82. The average molecular weight is 359 g/mol. The largest absolute Gasteiger partial charge is 0.383 e. The molecule has 136 valence electrons. The molecule has 2 aromatic heterocycles. The van der Waals surface area contributed by atoms with Gasteiger partial charge in [0.05, 0.1) is 23.5 Å². The maximum absolute atomic E-state index is 9.78. The Morgan fingerprint density at radius 3 is 2.74 bits per heavy atom. The zero-order valence-electron chi connectivity index (χ0n) is 15.3. The second-order valence-corrected chi connectivity index (χ2v) is 6.79. The van der Waals surface area contributed by atoms with Crippen LogP contribution in [0.2, 0.25) is 0 Å². The molecule has 0 amide bonds. The van der Waals surface area contributed by atoms with Crippen molar-refractivity contribution in [2.45, 2.75) is 18.9 Å². The van der Waals surface area contributed by atoms with Crippen molar-refractivity contribution >= 4 is 5.82 Å². The predicted octanol–water partition coefficient (Wildman–Crippen LogP) is 2.18. The lowest BCUT2D eigenvalue weighted by Gasteiger charge is -2.23. The molecule has 1 aliphatic heterocycles. The lowest BCUT2D eigenvalue weighted by Crippen LogP contribution is -2.25. The van der Waals surface area contributed by atoms with Crippen LogP contribution in [0, 0.1) is 18.3 Å². The van der Waals surface area contributed by atoms with Gasteiger partial charge in [-0.3, -0.25) is 10.1 Å². The van der Waals surface area contributed by atoms with Gasteiger partial charge >= 0.3 is 0 Å². The fourth-order valence-electron chi connectivity index (χ4n) is 3.86. The lowest BCUT2D eigenvalue weighted by atomic mass is 9.83. The van der Waals surface area contributed by atoms with Crippen molar-refractivity contribution in [3.8, 4) is 17.3 Å². The number of aromatic nitrogens is 3. The molecule has 2 atom stereocenters. The summed E-state index contributed by atoms with van der Waals surface area (Å²) in [5, 5.41) is 14.0. The molecule has 0 spiro atoms. The molecular weight excluding hydrogens is 338 g/mol. The van der Waals surface area contributed by atoms with Crippen LogP contribution in [-0.4, -0.2) is 21.3 Å². The van der Waals surface area contributed by atoms with Crippen LogP contribution in [0.1, 0.15) is 34.2 Å². The molecule has 0 aliphatic carbocycles. The van der Waals surface area contributed by atoms with Crippen molar-refractivity contribution in [1.82, 2.24) is 25.6 Å². The van der Waals surface area contributed by atoms with Gasteiger partial charge in [-0.25, -0.2) is 10.4 Å². The van der Waals surface area contributed by atoms with Crippen LogP contribution in [0.4, 0.5) is 5.82 Å². The van der Waals surface area contributed by atoms with E-state index in [1.807, 2.05) is 38.4 Å². The highest BCUT2D eigenvalue weighted by Gasteiger charge is 2.34. The van der Waals surface area contributed by atoms with Crippen LogP contribution < -0.4 is 16.6 Å². The summed E-state index contributed by atoms with van der Waals surface area (Å²) in [6.07, 6.45) is 3.68. The minimum atomic E-state index is 0.0422. The second kappa shape index (κ2) is 6.83. The van der Waals surface area contributed by atoms with Gasteiger partial charge in [0.25, 0.3) is 0 Å². The molecule has 4 N–H and O–H groups in total. The molecule has 3 aromatic rings. The minimum Gasteiger partial charge on any atom is -0.383 e. The highest BCUT2D eigenvalue weighted by atomic mass is 15.4. The Balaban J connectivity index is 1.89. The molecule has 27 heavy (non-hydrogen) atoms. The first kappa shape index (κ1) is 17.2. The quantitative estimate of drug-likeness (QED) is 0.662. The van der Waals surface area contributed by atoms with E-state index in [0.29, 0.717) is 12.1 Å². The number of hydrogen-bond acceptors (Lipinski definition) is 6. The first-order chi connectivity index (χ1) is 13.1. The van der Waals surface area contributed by atoms with Crippen molar-refractivity contribution in [3.63, 3.8) is 0 Å². The Labute approximate surface area is 157 Å². The van der Waals surface area contributed by atoms with Crippen molar-refractivity contribution < 1.29 is 0 Å². The van der Waals surface area contributed by atoms with Gasteiger partial charge in [0.15, 0.2) is 0 Å². The average Bonchev–Trinajstić information content (AvgIpc) is 3.32. The van der Waals surface area contributed by atoms with Gasteiger partial charge in [-0.2, -0.15) is 10.4 Å². The number of benzene rings is 1. The van der Waals surface area contributed by atoms with E-state index < -0.39 is 0 Å². The third-order valence-electron chi connectivity index (χ3n) is 5.12.